The molecule has 0 amide bonds. The molecule has 0 spiro atoms. The number of nitrogens with one attached hydrogen (secondary N) is 1. The highest BCUT2D eigenvalue weighted by Crippen LogP contribution is 2.29. The number of hydrogen-bond donors (Lipinski definition) is 2. The first-order valence-electron chi connectivity index (χ1n) is 7.78. The van der Waals surface area contributed by atoms with Crippen molar-refractivity contribution in [1.29, 1.82) is 5.26 Å². The molecule has 0 aliphatic carbocycles. The molecule has 8 heteroatoms. The van der Waals surface area contributed by atoms with E-state index in [2.05, 4.69) is 15.3 Å². The summed E-state index contributed by atoms with van der Waals surface area (Å²) < 4.78 is 16.2. The van der Waals surface area contributed by atoms with Gasteiger partial charge in [-0.15, -0.1) is 0 Å². The molecule has 8 nitrogen and oxygen atoms in total. The first-order chi connectivity index (χ1) is 12.1. The Labute approximate surface area is 144 Å². The van der Waals surface area contributed by atoms with Crippen LogP contribution >= 0.6 is 0 Å². The lowest BCUT2D eigenvalue weighted by molar-refractivity contribution is 0.251. The van der Waals surface area contributed by atoms with E-state index >= 15 is 0 Å². The van der Waals surface area contributed by atoms with Crippen molar-refractivity contribution in [2.45, 2.75) is 13.8 Å². The lowest BCUT2D eigenvalue weighted by Gasteiger charge is -2.11. The lowest BCUT2D eigenvalue weighted by atomic mass is 10.2. The van der Waals surface area contributed by atoms with Gasteiger partial charge in [-0.05, 0) is 26.0 Å². The van der Waals surface area contributed by atoms with Crippen LogP contribution in [0.15, 0.2) is 28.7 Å². The Kier molecular flexibility index (Phi) is 4.57. The number of rotatable bonds is 6. The van der Waals surface area contributed by atoms with Gasteiger partial charge in [0.2, 0.25) is 5.88 Å². The third-order valence-corrected chi connectivity index (χ3v) is 3.32. The van der Waals surface area contributed by atoms with Crippen molar-refractivity contribution >= 4 is 28.3 Å². The van der Waals surface area contributed by atoms with Crippen molar-refractivity contribution in [3.63, 3.8) is 0 Å². The first-order valence-corrected chi connectivity index (χ1v) is 7.78. The van der Waals surface area contributed by atoms with Crippen LogP contribution < -0.4 is 20.5 Å². The second-order valence-corrected chi connectivity index (χ2v) is 5.04. The van der Waals surface area contributed by atoms with Gasteiger partial charge in [-0.3, -0.25) is 0 Å². The minimum absolute atomic E-state index is 0.201. The molecule has 0 saturated heterocycles. The highest BCUT2D eigenvalue weighted by atomic mass is 16.6. The fourth-order valence-corrected chi connectivity index (χ4v) is 2.27. The molecule has 1 aromatic carbocycles. The summed E-state index contributed by atoms with van der Waals surface area (Å²) >= 11 is 0. The van der Waals surface area contributed by atoms with Crippen molar-refractivity contribution in [3.8, 4) is 18.0 Å². The number of nitrogens with zero attached hydrogens (tertiary/aromatic N) is 3. The molecule has 0 aliphatic heterocycles. The van der Waals surface area contributed by atoms with E-state index in [4.69, 9.17) is 24.9 Å². The fourth-order valence-electron chi connectivity index (χ4n) is 2.27. The van der Waals surface area contributed by atoms with Crippen molar-refractivity contribution in [3.05, 3.63) is 29.8 Å². The number of nitrogens with two attached hydrogens (primary N) is 1. The summed E-state index contributed by atoms with van der Waals surface area (Å²) in [6.45, 7) is 4.53. The van der Waals surface area contributed by atoms with Crippen LogP contribution in [0.5, 0.6) is 12.0 Å². The molecule has 2 aromatic heterocycles. The molecule has 2 heterocycles. The number of oxazole rings is 1. The van der Waals surface area contributed by atoms with Gasteiger partial charge in [-0.25, -0.2) is 0 Å². The highest BCUT2D eigenvalue weighted by molar-refractivity contribution is 5.79. The van der Waals surface area contributed by atoms with Gasteiger partial charge in [0.15, 0.2) is 5.58 Å². The number of hydrogen-bond acceptors (Lipinski definition) is 8. The van der Waals surface area contributed by atoms with Gasteiger partial charge < -0.3 is 24.9 Å². The Morgan fingerprint density at radius 2 is 2.00 bits per heavy atom. The van der Waals surface area contributed by atoms with Crippen LogP contribution in [0, 0.1) is 11.3 Å². The molecule has 25 heavy (non-hydrogen) atoms. The largest absolute Gasteiger partial charge is 0.477 e. The summed E-state index contributed by atoms with van der Waals surface area (Å²) in [5, 5.41) is 12.3. The topological polar surface area (TPSA) is 119 Å². The fraction of sp³-hybridized carbons (Fsp3) is 0.235. The van der Waals surface area contributed by atoms with Crippen molar-refractivity contribution in [2.75, 3.05) is 24.3 Å². The van der Waals surface area contributed by atoms with Gasteiger partial charge in [0, 0.05) is 17.8 Å². The van der Waals surface area contributed by atoms with Crippen LogP contribution in [0.25, 0.3) is 11.1 Å². The number of nitriles is 1. The maximum absolute atomic E-state index is 9.17. The van der Waals surface area contributed by atoms with Crippen LogP contribution in [0.2, 0.25) is 0 Å². The van der Waals surface area contributed by atoms with E-state index in [-0.39, 0.29) is 17.5 Å². The van der Waals surface area contributed by atoms with Crippen LogP contribution in [0.3, 0.4) is 0 Å². The number of anilines is 3. The van der Waals surface area contributed by atoms with E-state index in [9.17, 15) is 0 Å². The third kappa shape index (κ3) is 3.40. The van der Waals surface area contributed by atoms with Crippen LogP contribution in [0.1, 0.15) is 19.4 Å². The zero-order chi connectivity index (χ0) is 17.8. The highest BCUT2D eigenvalue weighted by Gasteiger charge is 2.13. The summed E-state index contributed by atoms with van der Waals surface area (Å²) in [4.78, 5) is 8.51. The Balaban J connectivity index is 1.91. The summed E-state index contributed by atoms with van der Waals surface area (Å²) in [7, 11) is 0. The van der Waals surface area contributed by atoms with Crippen molar-refractivity contribution in [1.82, 2.24) is 9.97 Å². The normalized spacial score (nSPS) is 10.4. The average molecular weight is 339 g/mol. The Morgan fingerprint density at radius 3 is 2.72 bits per heavy atom. The summed E-state index contributed by atoms with van der Waals surface area (Å²) in [5.74, 6) is 0.663. The number of aromatic nitrogens is 2. The predicted octanol–water partition coefficient (Wildman–Crippen LogP) is 3.22. The summed E-state index contributed by atoms with van der Waals surface area (Å²) in [6, 6.07) is 9.00. The van der Waals surface area contributed by atoms with Crippen LogP contribution in [-0.4, -0.2) is 23.2 Å². The second kappa shape index (κ2) is 6.97. The van der Waals surface area contributed by atoms with Crippen LogP contribution in [0.4, 0.5) is 17.2 Å². The number of fused-ring (bicyclic) bond motifs is 1. The molecule has 3 rings (SSSR count). The molecule has 128 valence electrons. The van der Waals surface area contributed by atoms with E-state index < -0.39 is 0 Å². The Hall–Kier alpha value is -3.47. The molecule has 0 unspecified atom stereocenters. The van der Waals surface area contributed by atoms with Gasteiger partial charge in [0.1, 0.15) is 23.0 Å². The minimum atomic E-state index is 0.201. The van der Waals surface area contributed by atoms with Crippen molar-refractivity contribution in [2.24, 2.45) is 0 Å². The number of nitrogen functional groups attached to an aromatic ring is 1. The number of ether oxygens (including phenoxy) is 2. The first kappa shape index (κ1) is 16.4. The van der Waals surface area contributed by atoms with E-state index in [1.54, 1.807) is 18.2 Å². The molecule has 0 radical (unpaired) electrons. The van der Waals surface area contributed by atoms with Gasteiger partial charge in [-0.1, -0.05) is 0 Å². The van der Waals surface area contributed by atoms with E-state index in [0.717, 1.165) is 5.69 Å². The van der Waals surface area contributed by atoms with Gasteiger partial charge in [0.05, 0.1) is 18.9 Å². The molecule has 0 aliphatic rings. The van der Waals surface area contributed by atoms with E-state index in [0.29, 0.717) is 35.8 Å². The van der Waals surface area contributed by atoms with Gasteiger partial charge in [-0.2, -0.15) is 15.2 Å². The Morgan fingerprint density at radius 1 is 1.20 bits per heavy atom. The summed E-state index contributed by atoms with van der Waals surface area (Å²) in [6.07, 6.45) is 0.231. The quantitative estimate of drug-likeness (QED) is 0.702. The zero-order valence-corrected chi connectivity index (χ0v) is 13.9. The molecule has 0 bridgehead atoms. The van der Waals surface area contributed by atoms with E-state index in [1.165, 1.54) is 0 Å². The smallest absolute Gasteiger partial charge is 0.394 e. The standard InChI is InChI=1S/C17H17N5O3/c1-3-23-16-11(9-18)12(19)8-15(22-16)20-10-5-6-13-14(7-10)25-17(21-13)24-4-2/h5-8H,3-4H2,1-2H3,(H3,19,20,22). The van der Waals surface area contributed by atoms with Gasteiger partial charge >= 0.3 is 6.08 Å². The van der Waals surface area contributed by atoms with E-state index in [1.807, 2.05) is 26.0 Å². The maximum atomic E-state index is 9.17. The molecular formula is C17H17N5O3. The SMILES string of the molecule is CCOc1nc2ccc(Nc3cc(N)c(C#N)c(OCC)n3)cc2o1. The Bertz CT molecular complexity index is 945. The zero-order valence-electron chi connectivity index (χ0n) is 13.9. The molecule has 3 N–H and O–H groups in total. The predicted molar refractivity (Wildman–Crippen MR) is 93.0 cm³/mol. The second-order valence-electron chi connectivity index (χ2n) is 5.04. The molecule has 0 saturated carbocycles. The number of benzene rings is 1. The molecule has 0 atom stereocenters. The number of pyridine rings is 1. The molecular weight excluding hydrogens is 322 g/mol. The van der Waals surface area contributed by atoms with Gasteiger partial charge in [0.25, 0.3) is 0 Å². The molecule has 3 aromatic rings. The third-order valence-electron chi connectivity index (χ3n) is 3.32. The minimum Gasteiger partial charge on any atom is -0.477 e. The van der Waals surface area contributed by atoms with Crippen molar-refractivity contribution < 1.29 is 13.9 Å². The lowest BCUT2D eigenvalue weighted by Crippen LogP contribution is -2.04. The summed E-state index contributed by atoms with van der Waals surface area (Å²) in [5.41, 5.74) is 8.43. The maximum Gasteiger partial charge on any atom is 0.394 e. The monoisotopic (exact) mass is 339 g/mol. The average Bonchev–Trinajstić information content (AvgIpc) is 2.97. The molecule has 0 fully saturated rings. The van der Waals surface area contributed by atoms with Crippen LogP contribution in [-0.2, 0) is 0 Å².